The average Bonchev–Trinajstić information content (AvgIpc) is 2.35. The summed E-state index contributed by atoms with van der Waals surface area (Å²) in [6.07, 6.45) is 1.91. The van der Waals surface area contributed by atoms with E-state index in [1.165, 1.54) is 0 Å². The molecule has 0 aliphatic rings. The Morgan fingerprint density at radius 1 is 1.29 bits per heavy atom. The van der Waals surface area contributed by atoms with Crippen molar-refractivity contribution in [3.8, 4) is 0 Å². The molecule has 0 spiro atoms. The van der Waals surface area contributed by atoms with Gasteiger partial charge in [0.2, 0.25) is 5.91 Å². The van der Waals surface area contributed by atoms with Gasteiger partial charge in [-0.3, -0.25) is 4.79 Å². The first kappa shape index (κ1) is 13.8. The average molecular weight is 255 g/mol. The highest BCUT2D eigenvalue weighted by molar-refractivity contribution is 6.33. The number of rotatable bonds is 6. The van der Waals surface area contributed by atoms with Gasteiger partial charge in [0.15, 0.2) is 0 Å². The second-order valence-electron chi connectivity index (χ2n) is 3.91. The van der Waals surface area contributed by atoms with Gasteiger partial charge in [0, 0.05) is 6.04 Å². The number of halogens is 1. The number of carbonyl (C=O) groups is 1. The monoisotopic (exact) mass is 254 g/mol. The van der Waals surface area contributed by atoms with E-state index in [0.29, 0.717) is 5.02 Å². The lowest BCUT2D eigenvalue weighted by molar-refractivity contribution is -0.120. The lowest BCUT2D eigenvalue weighted by Crippen LogP contribution is -2.37. The van der Waals surface area contributed by atoms with Gasteiger partial charge < -0.3 is 10.6 Å². The molecule has 1 rings (SSSR count). The highest BCUT2D eigenvalue weighted by Crippen LogP contribution is 2.19. The molecular weight excluding hydrogens is 236 g/mol. The Bertz CT molecular complexity index is 364. The third-order valence-corrected chi connectivity index (χ3v) is 2.99. The predicted molar refractivity (Wildman–Crippen MR) is 72.5 cm³/mol. The van der Waals surface area contributed by atoms with Crippen molar-refractivity contribution in [3.05, 3.63) is 29.3 Å². The van der Waals surface area contributed by atoms with Crippen LogP contribution >= 0.6 is 11.6 Å². The van der Waals surface area contributed by atoms with Crippen LogP contribution in [0, 0.1) is 0 Å². The molecule has 0 aromatic heterocycles. The van der Waals surface area contributed by atoms with E-state index < -0.39 is 0 Å². The minimum absolute atomic E-state index is 0.00128. The molecule has 0 saturated carbocycles. The lowest BCUT2D eigenvalue weighted by Gasteiger charge is -2.15. The molecular formula is C13H19ClN2O. The van der Waals surface area contributed by atoms with Crippen molar-refractivity contribution < 1.29 is 4.79 Å². The molecule has 1 amide bonds. The predicted octanol–water partition coefficient (Wildman–Crippen LogP) is 3.06. The van der Waals surface area contributed by atoms with Gasteiger partial charge in [0.1, 0.15) is 0 Å². The summed E-state index contributed by atoms with van der Waals surface area (Å²) < 4.78 is 0. The van der Waals surface area contributed by atoms with E-state index in [1.54, 1.807) is 6.07 Å². The Balaban J connectivity index is 2.41. The number of benzene rings is 1. The first-order valence-electron chi connectivity index (χ1n) is 5.95. The minimum atomic E-state index is -0.00128. The fourth-order valence-electron chi connectivity index (χ4n) is 1.55. The molecule has 0 aliphatic carbocycles. The van der Waals surface area contributed by atoms with Crippen LogP contribution in [0.5, 0.6) is 0 Å². The Morgan fingerprint density at radius 2 is 1.94 bits per heavy atom. The molecule has 0 unspecified atom stereocenters. The molecule has 2 N–H and O–H groups in total. The smallest absolute Gasteiger partial charge is 0.239 e. The maximum atomic E-state index is 11.6. The molecule has 0 fully saturated rings. The summed E-state index contributed by atoms with van der Waals surface area (Å²) in [4.78, 5) is 11.6. The minimum Gasteiger partial charge on any atom is -0.375 e. The Labute approximate surface area is 108 Å². The van der Waals surface area contributed by atoms with Crippen molar-refractivity contribution in [2.24, 2.45) is 0 Å². The van der Waals surface area contributed by atoms with Gasteiger partial charge in [-0.15, -0.1) is 0 Å². The molecule has 3 nitrogen and oxygen atoms in total. The van der Waals surface area contributed by atoms with Crippen LogP contribution in [0.1, 0.15) is 26.7 Å². The highest BCUT2D eigenvalue weighted by atomic mass is 35.5. The number of amides is 1. The molecule has 0 bridgehead atoms. The SMILES string of the molecule is CCC(CC)NC(=O)CNc1ccccc1Cl. The highest BCUT2D eigenvalue weighted by Gasteiger charge is 2.08. The molecule has 0 aliphatic heterocycles. The number of hydrogen-bond donors (Lipinski definition) is 2. The van der Waals surface area contributed by atoms with Crippen molar-refractivity contribution in [2.75, 3.05) is 11.9 Å². The van der Waals surface area contributed by atoms with E-state index in [2.05, 4.69) is 24.5 Å². The molecule has 0 radical (unpaired) electrons. The van der Waals surface area contributed by atoms with E-state index in [9.17, 15) is 4.79 Å². The van der Waals surface area contributed by atoms with Crippen molar-refractivity contribution in [2.45, 2.75) is 32.7 Å². The van der Waals surface area contributed by atoms with Crippen LogP contribution in [0.2, 0.25) is 5.02 Å². The zero-order valence-electron chi connectivity index (χ0n) is 10.3. The standard InChI is InChI=1S/C13H19ClN2O/c1-3-10(4-2)16-13(17)9-15-12-8-6-5-7-11(12)14/h5-8,10,15H,3-4,9H2,1-2H3,(H,16,17). The fraction of sp³-hybridized carbons (Fsp3) is 0.462. The van der Waals surface area contributed by atoms with E-state index in [0.717, 1.165) is 18.5 Å². The largest absolute Gasteiger partial charge is 0.375 e. The number of hydrogen-bond acceptors (Lipinski definition) is 2. The van der Waals surface area contributed by atoms with E-state index in [1.807, 2.05) is 18.2 Å². The van der Waals surface area contributed by atoms with E-state index in [4.69, 9.17) is 11.6 Å². The molecule has 0 atom stereocenters. The molecule has 17 heavy (non-hydrogen) atoms. The summed E-state index contributed by atoms with van der Waals surface area (Å²) in [5.41, 5.74) is 0.786. The van der Waals surface area contributed by atoms with Gasteiger partial charge in [0.05, 0.1) is 17.3 Å². The van der Waals surface area contributed by atoms with Gasteiger partial charge in [-0.25, -0.2) is 0 Å². The normalized spacial score (nSPS) is 10.4. The second-order valence-corrected chi connectivity index (χ2v) is 4.32. The van der Waals surface area contributed by atoms with Crippen molar-refractivity contribution >= 4 is 23.2 Å². The summed E-state index contributed by atoms with van der Waals surface area (Å²) in [5, 5.41) is 6.61. The topological polar surface area (TPSA) is 41.1 Å². The van der Waals surface area contributed by atoms with Crippen molar-refractivity contribution in [1.82, 2.24) is 5.32 Å². The number of carbonyl (C=O) groups excluding carboxylic acids is 1. The summed E-state index contributed by atoms with van der Waals surface area (Å²) in [6, 6.07) is 7.65. The fourth-order valence-corrected chi connectivity index (χ4v) is 1.75. The molecule has 1 aromatic rings. The first-order chi connectivity index (χ1) is 8.17. The molecule has 1 aromatic carbocycles. The third kappa shape index (κ3) is 4.65. The third-order valence-electron chi connectivity index (χ3n) is 2.66. The summed E-state index contributed by atoms with van der Waals surface area (Å²) >= 11 is 5.97. The van der Waals surface area contributed by atoms with Crippen LogP contribution in [0.4, 0.5) is 5.69 Å². The van der Waals surface area contributed by atoms with Crippen LogP contribution in [0.25, 0.3) is 0 Å². The first-order valence-corrected chi connectivity index (χ1v) is 6.32. The second kappa shape index (κ2) is 7.17. The zero-order chi connectivity index (χ0) is 12.7. The summed E-state index contributed by atoms with van der Waals surface area (Å²) in [5.74, 6) is -0.00128. The maximum absolute atomic E-state index is 11.6. The van der Waals surface area contributed by atoms with E-state index in [-0.39, 0.29) is 18.5 Å². The molecule has 4 heteroatoms. The lowest BCUT2D eigenvalue weighted by atomic mass is 10.2. The zero-order valence-corrected chi connectivity index (χ0v) is 11.1. The summed E-state index contributed by atoms with van der Waals surface area (Å²) in [7, 11) is 0. The van der Waals surface area contributed by atoms with Crippen LogP contribution in [-0.4, -0.2) is 18.5 Å². The Morgan fingerprint density at radius 3 is 2.53 bits per heavy atom. The van der Waals surface area contributed by atoms with Gasteiger partial charge in [-0.2, -0.15) is 0 Å². The maximum Gasteiger partial charge on any atom is 0.239 e. The van der Waals surface area contributed by atoms with Gasteiger partial charge in [-0.05, 0) is 25.0 Å². The van der Waals surface area contributed by atoms with Crippen molar-refractivity contribution in [1.29, 1.82) is 0 Å². The van der Waals surface area contributed by atoms with Crippen molar-refractivity contribution in [3.63, 3.8) is 0 Å². The van der Waals surface area contributed by atoms with Crippen LogP contribution in [0.15, 0.2) is 24.3 Å². The van der Waals surface area contributed by atoms with Crippen LogP contribution < -0.4 is 10.6 Å². The molecule has 0 heterocycles. The molecule has 0 saturated heterocycles. The quantitative estimate of drug-likeness (QED) is 0.819. The van der Waals surface area contributed by atoms with Gasteiger partial charge in [0.25, 0.3) is 0 Å². The number of nitrogens with one attached hydrogen (secondary N) is 2. The number of para-hydroxylation sites is 1. The van der Waals surface area contributed by atoms with Crippen LogP contribution in [0.3, 0.4) is 0 Å². The van der Waals surface area contributed by atoms with Gasteiger partial charge >= 0.3 is 0 Å². The van der Waals surface area contributed by atoms with E-state index >= 15 is 0 Å². The van der Waals surface area contributed by atoms with Crippen LogP contribution in [-0.2, 0) is 4.79 Å². The summed E-state index contributed by atoms with van der Waals surface area (Å²) in [6.45, 7) is 4.38. The van der Waals surface area contributed by atoms with Gasteiger partial charge in [-0.1, -0.05) is 37.6 Å². The number of anilines is 1. The Hall–Kier alpha value is -1.22. The molecule has 94 valence electrons. The Kier molecular flexibility index (Phi) is 5.84.